The van der Waals surface area contributed by atoms with Gasteiger partial charge in [0.1, 0.15) is 10.7 Å². The maximum atomic E-state index is 13.0. The standard InChI is InChI=1S/C19H18BrN3O2S/c1-11-15-18(22-14-5-3-2-4-10-23(14)19(15)25)26-16(11)17(24)21-13-8-6-12(20)7-9-13/h6-9H,2-5,10H2,1H3,(H,21,24). The number of carbonyl (C=O) groups excluding carboxylic acids is 1. The van der Waals surface area contributed by atoms with Crippen molar-refractivity contribution in [2.45, 2.75) is 39.2 Å². The highest BCUT2D eigenvalue weighted by Gasteiger charge is 2.22. The number of nitrogens with one attached hydrogen (secondary N) is 1. The molecule has 1 amide bonds. The Kier molecular flexibility index (Phi) is 4.67. The first kappa shape index (κ1) is 17.4. The van der Waals surface area contributed by atoms with E-state index in [9.17, 15) is 9.59 Å². The van der Waals surface area contributed by atoms with Gasteiger partial charge in [0.25, 0.3) is 11.5 Å². The first-order valence-corrected chi connectivity index (χ1v) is 10.3. The molecule has 0 spiro atoms. The van der Waals surface area contributed by atoms with Crippen LogP contribution in [0.1, 0.15) is 40.3 Å². The van der Waals surface area contributed by atoms with Crippen LogP contribution < -0.4 is 10.9 Å². The molecule has 0 unspecified atom stereocenters. The van der Waals surface area contributed by atoms with Crippen LogP contribution in [0.5, 0.6) is 0 Å². The van der Waals surface area contributed by atoms with E-state index in [1.54, 1.807) is 4.57 Å². The molecule has 2 aromatic heterocycles. The summed E-state index contributed by atoms with van der Waals surface area (Å²) < 4.78 is 2.75. The lowest BCUT2D eigenvalue weighted by Crippen LogP contribution is -2.24. The van der Waals surface area contributed by atoms with Gasteiger partial charge >= 0.3 is 0 Å². The number of hydrogen-bond donors (Lipinski definition) is 1. The summed E-state index contributed by atoms with van der Waals surface area (Å²) in [7, 11) is 0. The van der Waals surface area contributed by atoms with Crippen LogP contribution in [-0.4, -0.2) is 15.5 Å². The van der Waals surface area contributed by atoms with Crippen LogP contribution in [0.3, 0.4) is 0 Å². The lowest BCUT2D eigenvalue weighted by atomic mass is 10.2. The van der Waals surface area contributed by atoms with Crippen LogP contribution in [0, 0.1) is 6.92 Å². The van der Waals surface area contributed by atoms with Crippen LogP contribution >= 0.6 is 27.3 Å². The van der Waals surface area contributed by atoms with Crippen molar-refractivity contribution in [3.8, 4) is 0 Å². The Morgan fingerprint density at radius 1 is 1.23 bits per heavy atom. The van der Waals surface area contributed by atoms with Crippen molar-refractivity contribution >= 4 is 49.1 Å². The van der Waals surface area contributed by atoms with Crippen molar-refractivity contribution in [3.05, 3.63) is 55.4 Å². The minimum atomic E-state index is -0.201. The molecule has 4 rings (SSSR count). The van der Waals surface area contributed by atoms with E-state index in [4.69, 9.17) is 4.98 Å². The molecule has 0 atom stereocenters. The van der Waals surface area contributed by atoms with Crippen LogP contribution in [0.4, 0.5) is 5.69 Å². The molecule has 0 bridgehead atoms. The molecule has 0 saturated carbocycles. The fourth-order valence-electron chi connectivity index (χ4n) is 3.35. The largest absolute Gasteiger partial charge is 0.321 e. The highest BCUT2D eigenvalue weighted by atomic mass is 79.9. The van der Waals surface area contributed by atoms with Crippen molar-refractivity contribution in [2.75, 3.05) is 5.32 Å². The van der Waals surface area contributed by atoms with E-state index in [0.717, 1.165) is 47.2 Å². The summed E-state index contributed by atoms with van der Waals surface area (Å²) in [5.74, 6) is 0.647. The van der Waals surface area contributed by atoms with E-state index in [2.05, 4.69) is 21.2 Å². The monoisotopic (exact) mass is 431 g/mol. The molecule has 7 heteroatoms. The molecule has 0 fully saturated rings. The van der Waals surface area contributed by atoms with Gasteiger partial charge in [-0.2, -0.15) is 0 Å². The molecule has 0 saturated heterocycles. The highest BCUT2D eigenvalue weighted by Crippen LogP contribution is 2.29. The first-order chi connectivity index (χ1) is 12.5. The van der Waals surface area contributed by atoms with Gasteiger partial charge in [0.15, 0.2) is 0 Å². The molecular formula is C19H18BrN3O2S. The fraction of sp³-hybridized carbons (Fsp3) is 0.316. The third-order valence-corrected chi connectivity index (χ3v) is 6.43. The molecule has 1 N–H and O–H groups in total. The average molecular weight is 432 g/mol. The normalized spacial score (nSPS) is 14.1. The summed E-state index contributed by atoms with van der Waals surface area (Å²) in [6.45, 7) is 2.55. The van der Waals surface area contributed by atoms with E-state index in [1.165, 1.54) is 11.3 Å². The molecule has 26 heavy (non-hydrogen) atoms. The van der Waals surface area contributed by atoms with E-state index in [1.807, 2.05) is 31.2 Å². The lowest BCUT2D eigenvalue weighted by Gasteiger charge is -2.08. The van der Waals surface area contributed by atoms with Gasteiger partial charge in [0.2, 0.25) is 0 Å². The number of aryl methyl sites for hydroxylation is 2. The Morgan fingerprint density at radius 2 is 2.00 bits per heavy atom. The van der Waals surface area contributed by atoms with E-state index < -0.39 is 0 Å². The number of thiophene rings is 1. The molecule has 3 heterocycles. The van der Waals surface area contributed by atoms with Crippen LogP contribution in [0.15, 0.2) is 33.5 Å². The minimum absolute atomic E-state index is 0.0108. The number of amides is 1. The number of aromatic nitrogens is 2. The maximum absolute atomic E-state index is 13.0. The number of hydrogen-bond acceptors (Lipinski definition) is 4. The molecule has 5 nitrogen and oxygen atoms in total. The lowest BCUT2D eigenvalue weighted by molar-refractivity contribution is 0.103. The molecule has 1 aromatic carbocycles. The second-order valence-electron chi connectivity index (χ2n) is 6.49. The molecule has 1 aliphatic rings. The van der Waals surface area contributed by atoms with E-state index in [0.29, 0.717) is 21.6 Å². The van der Waals surface area contributed by atoms with Gasteiger partial charge in [0, 0.05) is 23.1 Å². The molecular weight excluding hydrogens is 414 g/mol. The van der Waals surface area contributed by atoms with Crippen molar-refractivity contribution in [1.29, 1.82) is 0 Å². The van der Waals surface area contributed by atoms with Gasteiger partial charge in [-0.1, -0.05) is 22.4 Å². The van der Waals surface area contributed by atoms with Gasteiger partial charge in [-0.3, -0.25) is 14.2 Å². The quantitative estimate of drug-likeness (QED) is 0.648. The van der Waals surface area contributed by atoms with Crippen molar-refractivity contribution in [2.24, 2.45) is 0 Å². The zero-order valence-electron chi connectivity index (χ0n) is 14.3. The number of fused-ring (bicyclic) bond motifs is 2. The van der Waals surface area contributed by atoms with Crippen molar-refractivity contribution < 1.29 is 4.79 Å². The van der Waals surface area contributed by atoms with Gasteiger partial charge in [0.05, 0.1) is 10.3 Å². The van der Waals surface area contributed by atoms with Crippen LogP contribution in [-0.2, 0) is 13.0 Å². The Balaban J connectivity index is 1.75. The summed E-state index contributed by atoms with van der Waals surface area (Å²) >= 11 is 4.68. The molecule has 3 aromatic rings. The van der Waals surface area contributed by atoms with Crippen molar-refractivity contribution in [3.63, 3.8) is 0 Å². The zero-order chi connectivity index (χ0) is 18.3. The maximum Gasteiger partial charge on any atom is 0.266 e. The molecule has 134 valence electrons. The van der Waals surface area contributed by atoms with Gasteiger partial charge in [-0.25, -0.2) is 4.98 Å². The van der Waals surface area contributed by atoms with E-state index >= 15 is 0 Å². The summed E-state index contributed by atoms with van der Waals surface area (Å²) in [6, 6.07) is 7.41. The third kappa shape index (κ3) is 3.10. The second-order valence-corrected chi connectivity index (χ2v) is 8.41. The van der Waals surface area contributed by atoms with Crippen LogP contribution in [0.2, 0.25) is 0 Å². The van der Waals surface area contributed by atoms with Crippen LogP contribution in [0.25, 0.3) is 10.2 Å². The topological polar surface area (TPSA) is 64.0 Å². The van der Waals surface area contributed by atoms with E-state index in [-0.39, 0.29) is 11.5 Å². The molecule has 1 aliphatic heterocycles. The second kappa shape index (κ2) is 6.96. The predicted molar refractivity (Wildman–Crippen MR) is 108 cm³/mol. The smallest absolute Gasteiger partial charge is 0.266 e. The number of carbonyl (C=O) groups is 1. The van der Waals surface area contributed by atoms with Gasteiger partial charge in [-0.15, -0.1) is 11.3 Å². The Labute approximate surface area is 163 Å². The fourth-order valence-corrected chi connectivity index (χ4v) is 4.70. The van der Waals surface area contributed by atoms with Gasteiger partial charge in [-0.05, 0) is 49.6 Å². The predicted octanol–water partition coefficient (Wildman–Crippen LogP) is 4.51. The number of benzene rings is 1. The zero-order valence-corrected chi connectivity index (χ0v) is 16.7. The average Bonchev–Trinajstić information content (AvgIpc) is 2.80. The Bertz CT molecular complexity index is 1050. The number of rotatable bonds is 2. The Hall–Kier alpha value is -1.99. The highest BCUT2D eigenvalue weighted by molar-refractivity contribution is 9.10. The van der Waals surface area contributed by atoms with Gasteiger partial charge < -0.3 is 5.32 Å². The summed E-state index contributed by atoms with van der Waals surface area (Å²) in [5, 5.41) is 3.49. The molecule has 0 aliphatic carbocycles. The minimum Gasteiger partial charge on any atom is -0.321 e. The Morgan fingerprint density at radius 3 is 2.77 bits per heavy atom. The molecule has 0 radical (unpaired) electrons. The first-order valence-electron chi connectivity index (χ1n) is 8.64. The number of halogens is 1. The summed E-state index contributed by atoms with van der Waals surface area (Å²) in [6.07, 6.45) is 4.00. The van der Waals surface area contributed by atoms with Crippen molar-refractivity contribution in [1.82, 2.24) is 9.55 Å². The third-order valence-electron chi connectivity index (χ3n) is 4.72. The number of anilines is 1. The summed E-state index contributed by atoms with van der Waals surface area (Å²) in [5.41, 5.74) is 1.43. The summed E-state index contributed by atoms with van der Waals surface area (Å²) in [4.78, 5) is 31.6. The number of nitrogens with zero attached hydrogens (tertiary/aromatic N) is 2. The SMILES string of the molecule is Cc1c(C(=O)Nc2ccc(Br)cc2)sc2nc3n(c(=O)c12)CCCCC3.